The van der Waals surface area contributed by atoms with Gasteiger partial charge in [-0.1, -0.05) is 51.8 Å². The molecule has 4 heteroatoms. The Morgan fingerprint density at radius 2 is 2.00 bits per heavy atom. The van der Waals surface area contributed by atoms with Gasteiger partial charge in [0.25, 0.3) is 0 Å². The molecule has 0 aliphatic carbocycles. The predicted octanol–water partition coefficient (Wildman–Crippen LogP) is 4.55. The molecular weight excluding hydrogens is 272 g/mol. The van der Waals surface area contributed by atoms with Crippen molar-refractivity contribution in [2.24, 2.45) is 5.92 Å². The monoisotopic (exact) mass is 296 g/mol. The maximum absolute atomic E-state index is 6.13. The quantitative estimate of drug-likeness (QED) is 0.751. The Morgan fingerprint density at radius 1 is 1.23 bits per heavy atom. The molecule has 1 aromatic carbocycles. The number of anilines is 1. The van der Waals surface area contributed by atoms with Crippen LogP contribution in [0.3, 0.4) is 0 Å². The maximum atomic E-state index is 6.13. The van der Waals surface area contributed by atoms with Crippen LogP contribution < -0.4 is 5.73 Å². The number of aromatic nitrogens is 3. The molecule has 0 amide bonds. The lowest BCUT2D eigenvalue weighted by Gasteiger charge is -2.23. The number of nitrogens with zero attached hydrogens (tertiary/aromatic N) is 3. The van der Waals surface area contributed by atoms with Crippen LogP contribution in [0, 0.1) is 5.92 Å². The minimum atomic E-state index is 0.440. The van der Waals surface area contributed by atoms with Crippen LogP contribution in [-0.2, 0) is 0 Å². The van der Waals surface area contributed by atoms with Gasteiger partial charge in [0.15, 0.2) is 5.82 Å². The molecule has 3 aromatic rings. The number of benzene rings is 1. The second kappa shape index (κ2) is 5.95. The number of hydrogen-bond acceptors (Lipinski definition) is 3. The van der Waals surface area contributed by atoms with Crippen LogP contribution in [0.5, 0.6) is 0 Å². The average molecular weight is 296 g/mol. The molecule has 1 atom stereocenters. The molecule has 0 bridgehead atoms. The molecule has 116 valence electrons. The highest BCUT2D eigenvalue weighted by Crippen LogP contribution is 2.33. The van der Waals surface area contributed by atoms with Crippen molar-refractivity contribution in [1.29, 1.82) is 0 Å². The molecule has 2 heterocycles. The lowest BCUT2D eigenvalue weighted by atomic mass is 9.98. The number of pyridine rings is 1. The van der Waals surface area contributed by atoms with E-state index in [0.717, 1.165) is 28.4 Å². The molecule has 0 unspecified atom stereocenters. The molecule has 0 aliphatic heterocycles. The third-order valence-corrected chi connectivity index (χ3v) is 4.42. The van der Waals surface area contributed by atoms with Crippen molar-refractivity contribution < 1.29 is 0 Å². The molecule has 2 N–H and O–H groups in total. The van der Waals surface area contributed by atoms with Crippen LogP contribution in [0.1, 0.15) is 46.1 Å². The van der Waals surface area contributed by atoms with Crippen LogP contribution >= 0.6 is 0 Å². The van der Waals surface area contributed by atoms with Gasteiger partial charge in [0.2, 0.25) is 0 Å². The summed E-state index contributed by atoms with van der Waals surface area (Å²) in [6.45, 7) is 6.79. The lowest BCUT2D eigenvalue weighted by Crippen LogP contribution is -2.14. The zero-order valence-electron chi connectivity index (χ0n) is 13.6. The molecule has 4 nitrogen and oxygen atoms in total. The van der Waals surface area contributed by atoms with Crippen molar-refractivity contribution in [3.05, 3.63) is 30.6 Å². The molecule has 2 aromatic heterocycles. The van der Waals surface area contributed by atoms with Crippen molar-refractivity contribution in [3.8, 4) is 0 Å². The number of rotatable bonds is 5. The van der Waals surface area contributed by atoms with E-state index in [-0.39, 0.29) is 0 Å². The van der Waals surface area contributed by atoms with Gasteiger partial charge in [-0.2, -0.15) is 0 Å². The Labute approximate surface area is 131 Å². The van der Waals surface area contributed by atoms with Gasteiger partial charge in [-0.25, -0.2) is 9.97 Å². The number of hydrogen-bond donors (Lipinski definition) is 1. The van der Waals surface area contributed by atoms with Gasteiger partial charge in [-0.15, -0.1) is 0 Å². The predicted molar refractivity (Wildman–Crippen MR) is 92.8 cm³/mol. The summed E-state index contributed by atoms with van der Waals surface area (Å²) in [6.07, 6.45) is 5.53. The third kappa shape index (κ3) is 2.43. The number of para-hydroxylation sites is 1. The highest BCUT2D eigenvalue weighted by molar-refractivity contribution is 6.06. The molecular formula is C18H24N4. The van der Waals surface area contributed by atoms with Gasteiger partial charge < -0.3 is 10.3 Å². The highest BCUT2D eigenvalue weighted by atomic mass is 15.1. The minimum absolute atomic E-state index is 0.440. The van der Waals surface area contributed by atoms with E-state index in [1.807, 2.05) is 24.5 Å². The van der Waals surface area contributed by atoms with E-state index in [0.29, 0.717) is 17.8 Å². The van der Waals surface area contributed by atoms with E-state index in [4.69, 9.17) is 5.73 Å². The number of fused-ring (bicyclic) bond motifs is 3. The zero-order valence-corrected chi connectivity index (χ0v) is 13.6. The molecule has 0 radical (unpaired) electrons. The number of nitrogens with two attached hydrogens (primary N) is 1. The van der Waals surface area contributed by atoms with E-state index >= 15 is 0 Å². The van der Waals surface area contributed by atoms with E-state index in [1.54, 1.807) is 0 Å². The Morgan fingerprint density at radius 3 is 2.73 bits per heavy atom. The fourth-order valence-corrected chi connectivity index (χ4v) is 3.23. The van der Waals surface area contributed by atoms with Crippen LogP contribution in [-0.4, -0.2) is 14.5 Å². The summed E-state index contributed by atoms with van der Waals surface area (Å²) in [7, 11) is 0. The van der Waals surface area contributed by atoms with Crippen LogP contribution in [0.15, 0.2) is 30.6 Å². The van der Waals surface area contributed by atoms with E-state index in [1.165, 1.54) is 12.8 Å². The third-order valence-electron chi connectivity index (χ3n) is 4.42. The molecule has 0 spiro atoms. The Hall–Kier alpha value is -2.10. The second-order valence-electron chi connectivity index (χ2n) is 6.32. The van der Waals surface area contributed by atoms with Crippen molar-refractivity contribution >= 4 is 27.8 Å². The first-order chi connectivity index (χ1) is 10.6. The first kappa shape index (κ1) is 14.8. The molecule has 0 fully saturated rings. The number of nitrogen functional groups attached to an aromatic ring is 1. The van der Waals surface area contributed by atoms with Crippen molar-refractivity contribution in [2.45, 2.75) is 46.1 Å². The fraction of sp³-hybridized carbons (Fsp3) is 0.444. The molecule has 0 aliphatic rings. The van der Waals surface area contributed by atoms with Gasteiger partial charge in [-0.3, -0.25) is 0 Å². The Kier molecular flexibility index (Phi) is 4.01. The SMILES string of the molecule is CCCC[C@H](C(C)C)n1cnc2c(N)nc3ccccc3c21. The smallest absolute Gasteiger partial charge is 0.152 e. The van der Waals surface area contributed by atoms with Crippen molar-refractivity contribution in [1.82, 2.24) is 14.5 Å². The Balaban J connectivity index is 2.25. The van der Waals surface area contributed by atoms with Gasteiger partial charge in [0.1, 0.15) is 5.52 Å². The summed E-state index contributed by atoms with van der Waals surface area (Å²) in [5.41, 5.74) is 9.01. The summed E-state index contributed by atoms with van der Waals surface area (Å²) in [4.78, 5) is 9.04. The van der Waals surface area contributed by atoms with E-state index in [2.05, 4.69) is 41.4 Å². The molecule has 22 heavy (non-hydrogen) atoms. The highest BCUT2D eigenvalue weighted by Gasteiger charge is 2.20. The van der Waals surface area contributed by atoms with E-state index < -0.39 is 0 Å². The van der Waals surface area contributed by atoms with Gasteiger partial charge in [0, 0.05) is 11.4 Å². The summed E-state index contributed by atoms with van der Waals surface area (Å²) < 4.78 is 2.32. The van der Waals surface area contributed by atoms with Crippen LogP contribution in [0.25, 0.3) is 21.9 Å². The van der Waals surface area contributed by atoms with Crippen LogP contribution in [0.4, 0.5) is 5.82 Å². The van der Waals surface area contributed by atoms with Crippen molar-refractivity contribution in [3.63, 3.8) is 0 Å². The topological polar surface area (TPSA) is 56.7 Å². The summed E-state index contributed by atoms with van der Waals surface area (Å²) >= 11 is 0. The fourth-order valence-electron chi connectivity index (χ4n) is 3.23. The number of unbranched alkanes of at least 4 members (excludes halogenated alkanes) is 1. The molecule has 0 saturated carbocycles. The maximum Gasteiger partial charge on any atom is 0.152 e. The summed E-state index contributed by atoms with van der Waals surface area (Å²) in [5, 5.41) is 1.13. The van der Waals surface area contributed by atoms with Crippen LogP contribution in [0.2, 0.25) is 0 Å². The Bertz CT molecular complexity index is 788. The lowest BCUT2D eigenvalue weighted by molar-refractivity contribution is 0.352. The van der Waals surface area contributed by atoms with Crippen molar-refractivity contribution in [2.75, 3.05) is 5.73 Å². The zero-order chi connectivity index (χ0) is 15.7. The van der Waals surface area contributed by atoms with Gasteiger partial charge in [0.05, 0.1) is 17.4 Å². The first-order valence-corrected chi connectivity index (χ1v) is 8.14. The van der Waals surface area contributed by atoms with E-state index in [9.17, 15) is 0 Å². The summed E-state index contributed by atoms with van der Waals surface area (Å²) in [5.74, 6) is 1.07. The number of imidazole rings is 1. The largest absolute Gasteiger partial charge is 0.382 e. The normalized spacial score (nSPS) is 13.3. The second-order valence-corrected chi connectivity index (χ2v) is 6.32. The van der Waals surface area contributed by atoms with Gasteiger partial charge >= 0.3 is 0 Å². The van der Waals surface area contributed by atoms with Gasteiger partial charge in [-0.05, 0) is 18.4 Å². The summed E-state index contributed by atoms with van der Waals surface area (Å²) in [6, 6.07) is 8.61. The minimum Gasteiger partial charge on any atom is -0.382 e. The molecule has 0 saturated heterocycles. The average Bonchev–Trinajstić information content (AvgIpc) is 2.93. The first-order valence-electron chi connectivity index (χ1n) is 8.14. The standard InChI is InChI=1S/C18H24N4/c1-4-5-10-15(12(2)3)22-11-20-16-17(22)13-8-6-7-9-14(13)21-18(16)19/h6-9,11-12,15H,4-5,10H2,1-3H3,(H2,19,21)/t15-/m1/s1. The molecule has 3 rings (SSSR count).